The molecule has 1 atom stereocenters. The molecule has 0 bridgehead atoms. The van der Waals surface area contributed by atoms with E-state index >= 15 is 0 Å². The normalized spacial score (nSPS) is 17.8. The molecule has 128 valence electrons. The number of hydrogen-bond acceptors (Lipinski definition) is 6. The Morgan fingerprint density at radius 1 is 1.28 bits per heavy atom. The van der Waals surface area contributed by atoms with Crippen molar-refractivity contribution < 1.29 is 13.7 Å². The van der Waals surface area contributed by atoms with Crippen molar-refractivity contribution in [2.24, 2.45) is 0 Å². The number of aryl methyl sites for hydroxylation is 1. The molecule has 1 amide bonds. The number of piperidine rings is 1. The Kier molecular flexibility index (Phi) is 3.87. The highest BCUT2D eigenvalue weighted by molar-refractivity contribution is 5.97. The van der Waals surface area contributed by atoms with Crippen molar-refractivity contribution in [1.82, 2.24) is 25.0 Å². The second-order valence-corrected chi connectivity index (χ2v) is 6.15. The Morgan fingerprint density at radius 3 is 2.76 bits per heavy atom. The molecule has 4 rings (SSSR count). The van der Waals surface area contributed by atoms with Gasteiger partial charge in [0.25, 0.3) is 5.91 Å². The van der Waals surface area contributed by atoms with Gasteiger partial charge in [-0.1, -0.05) is 5.16 Å². The fourth-order valence-corrected chi connectivity index (χ4v) is 3.16. The highest BCUT2D eigenvalue weighted by Crippen LogP contribution is 2.27. The number of nitrogens with zero attached hydrogens (tertiary/aromatic N) is 5. The molecule has 0 aliphatic carbocycles. The number of hydrogen-bond donors (Lipinski definition) is 0. The van der Waals surface area contributed by atoms with Crippen LogP contribution in [0.4, 0.5) is 4.39 Å². The molecule has 1 aliphatic heterocycles. The lowest BCUT2D eigenvalue weighted by Crippen LogP contribution is -2.39. The third-order valence-corrected chi connectivity index (χ3v) is 4.39. The van der Waals surface area contributed by atoms with E-state index in [0.29, 0.717) is 35.8 Å². The third-order valence-electron chi connectivity index (χ3n) is 4.39. The number of carbonyl (C=O) groups excluding carboxylic acids is 1. The van der Waals surface area contributed by atoms with Gasteiger partial charge in [0.05, 0.1) is 22.5 Å². The van der Waals surface area contributed by atoms with E-state index in [1.54, 1.807) is 11.8 Å². The summed E-state index contributed by atoms with van der Waals surface area (Å²) in [6.07, 6.45) is 4.66. The number of amides is 1. The van der Waals surface area contributed by atoms with Crippen LogP contribution in [-0.4, -0.2) is 44.0 Å². The van der Waals surface area contributed by atoms with Crippen LogP contribution in [0.5, 0.6) is 0 Å². The van der Waals surface area contributed by atoms with Crippen molar-refractivity contribution in [2.45, 2.75) is 25.7 Å². The molecule has 0 saturated carbocycles. The van der Waals surface area contributed by atoms with Gasteiger partial charge in [-0.05, 0) is 25.8 Å². The largest absolute Gasteiger partial charge is 0.339 e. The average Bonchev–Trinajstić information content (AvgIpc) is 3.07. The van der Waals surface area contributed by atoms with Gasteiger partial charge in [0, 0.05) is 31.5 Å². The molecule has 8 heteroatoms. The first kappa shape index (κ1) is 15.6. The van der Waals surface area contributed by atoms with Gasteiger partial charge in [0.1, 0.15) is 5.82 Å². The topological polar surface area (TPSA) is 85.0 Å². The summed E-state index contributed by atoms with van der Waals surface area (Å²) in [5.41, 5.74) is 0.929. The lowest BCUT2D eigenvalue weighted by atomic mass is 9.97. The van der Waals surface area contributed by atoms with E-state index in [0.717, 1.165) is 12.8 Å². The molecule has 0 unspecified atom stereocenters. The van der Waals surface area contributed by atoms with E-state index in [2.05, 4.69) is 20.1 Å². The Bertz CT molecular complexity index is 942. The molecule has 3 aromatic rings. The summed E-state index contributed by atoms with van der Waals surface area (Å²) in [6, 6.07) is 2.71. The fourth-order valence-electron chi connectivity index (χ4n) is 3.16. The van der Waals surface area contributed by atoms with Crippen LogP contribution >= 0.6 is 0 Å². The first-order chi connectivity index (χ1) is 12.1. The number of halogens is 1. The zero-order chi connectivity index (χ0) is 17.4. The minimum Gasteiger partial charge on any atom is -0.339 e. The Morgan fingerprint density at radius 2 is 2.04 bits per heavy atom. The summed E-state index contributed by atoms with van der Waals surface area (Å²) < 4.78 is 19.6. The molecule has 7 nitrogen and oxygen atoms in total. The van der Waals surface area contributed by atoms with Crippen LogP contribution in [0.15, 0.2) is 29.0 Å². The van der Waals surface area contributed by atoms with Gasteiger partial charge < -0.3 is 9.42 Å². The standard InChI is InChI=1S/C17H16FN5O2/c1-10-21-16(25-22-10)11-3-2-6-23(9-11)17(24)12-7-14-15(8-13(12)18)20-5-4-19-14/h4-5,7-8,11H,2-3,6,9H2,1H3/t11-/m1/s1. The van der Waals surface area contributed by atoms with Crippen molar-refractivity contribution >= 4 is 16.9 Å². The number of benzene rings is 1. The summed E-state index contributed by atoms with van der Waals surface area (Å²) in [5.74, 6) is 0.124. The predicted molar refractivity (Wildman–Crippen MR) is 86.4 cm³/mol. The van der Waals surface area contributed by atoms with E-state index in [9.17, 15) is 9.18 Å². The van der Waals surface area contributed by atoms with E-state index in [4.69, 9.17) is 4.52 Å². The number of rotatable bonds is 2. The van der Waals surface area contributed by atoms with Gasteiger partial charge >= 0.3 is 0 Å². The monoisotopic (exact) mass is 341 g/mol. The number of likely N-dealkylation sites (tertiary alicyclic amines) is 1. The van der Waals surface area contributed by atoms with Crippen LogP contribution in [-0.2, 0) is 0 Å². The second kappa shape index (κ2) is 6.19. The van der Waals surface area contributed by atoms with E-state index in [1.165, 1.54) is 24.5 Å². The molecular formula is C17H16FN5O2. The van der Waals surface area contributed by atoms with Crippen LogP contribution in [0.1, 0.15) is 40.8 Å². The average molecular weight is 341 g/mol. The summed E-state index contributed by atoms with van der Waals surface area (Å²) >= 11 is 0. The summed E-state index contributed by atoms with van der Waals surface area (Å²) in [7, 11) is 0. The molecule has 1 saturated heterocycles. The summed E-state index contributed by atoms with van der Waals surface area (Å²) in [5, 5.41) is 3.80. The summed E-state index contributed by atoms with van der Waals surface area (Å²) in [4.78, 5) is 26.9. The molecule has 1 fully saturated rings. The van der Waals surface area contributed by atoms with Crippen LogP contribution in [0, 0.1) is 12.7 Å². The van der Waals surface area contributed by atoms with Gasteiger partial charge in [-0.25, -0.2) is 4.39 Å². The Labute approximate surface area is 142 Å². The molecule has 0 radical (unpaired) electrons. The smallest absolute Gasteiger partial charge is 0.256 e. The van der Waals surface area contributed by atoms with Crippen LogP contribution in [0.2, 0.25) is 0 Å². The lowest BCUT2D eigenvalue weighted by Gasteiger charge is -2.31. The minimum atomic E-state index is -0.589. The first-order valence-electron chi connectivity index (χ1n) is 8.11. The maximum Gasteiger partial charge on any atom is 0.256 e. The van der Waals surface area contributed by atoms with Crippen LogP contribution in [0.3, 0.4) is 0 Å². The molecule has 1 aliphatic rings. The number of aromatic nitrogens is 4. The van der Waals surface area contributed by atoms with Gasteiger partial charge in [-0.3, -0.25) is 14.8 Å². The quantitative estimate of drug-likeness (QED) is 0.712. The van der Waals surface area contributed by atoms with Crippen molar-refractivity contribution in [3.05, 3.63) is 47.6 Å². The molecule has 3 heterocycles. The predicted octanol–water partition coefficient (Wildman–Crippen LogP) is 2.48. The Hall–Kier alpha value is -2.90. The van der Waals surface area contributed by atoms with Gasteiger partial charge in [-0.2, -0.15) is 4.98 Å². The third kappa shape index (κ3) is 2.95. The minimum absolute atomic E-state index is 0.00959. The molecule has 1 aromatic carbocycles. The molecule has 2 aromatic heterocycles. The number of carbonyl (C=O) groups is 1. The highest BCUT2D eigenvalue weighted by Gasteiger charge is 2.30. The van der Waals surface area contributed by atoms with E-state index in [1.807, 2.05) is 0 Å². The SMILES string of the molecule is Cc1noc([C@@H]2CCCN(C(=O)c3cc4nccnc4cc3F)C2)n1. The van der Waals surface area contributed by atoms with Crippen LogP contribution < -0.4 is 0 Å². The fraction of sp³-hybridized carbons (Fsp3) is 0.353. The first-order valence-corrected chi connectivity index (χ1v) is 8.11. The molecule has 0 spiro atoms. The zero-order valence-corrected chi connectivity index (χ0v) is 13.6. The lowest BCUT2D eigenvalue weighted by molar-refractivity contribution is 0.0691. The van der Waals surface area contributed by atoms with Crippen molar-refractivity contribution in [3.63, 3.8) is 0 Å². The van der Waals surface area contributed by atoms with Crippen molar-refractivity contribution in [1.29, 1.82) is 0 Å². The van der Waals surface area contributed by atoms with Gasteiger partial charge in [0.15, 0.2) is 5.82 Å². The second-order valence-electron chi connectivity index (χ2n) is 6.15. The van der Waals surface area contributed by atoms with E-state index < -0.39 is 5.82 Å². The molecule has 25 heavy (non-hydrogen) atoms. The highest BCUT2D eigenvalue weighted by atomic mass is 19.1. The van der Waals surface area contributed by atoms with Gasteiger partial charge in [-0.15, -0.1) is 0 Å². The maximum atomic E-state index is 14.4. The van der Waals surface area contributed by atoms with Gasteiger partial charge in [0.2, 0.25) is 5.89 Å². The van der Waals surface area contributed by atoms with Crippen molar-refractivity contribution in [2.75, 3.05) is 13.1 Å². The van der Waals surface area contributed by atoms with Crippen LogP contribution in [0.25, 0.3) is 11.0 Å². The summed E-state index contributed by atoms with van der Waals surface area (Å²) in [6.45, 7) is 2.75. The molecule has 0 N–H and O–H groups in total. The van der Waals surface area contributed by atoms with Crippen molar-refractivity contribution in [3.8, 4) is 0 Å². The zero-order valence-electron chi connectivity index (χ0n) is 13.6. The van der Waals surface area contributed by atoms with E-state index in [-0.39, 0.29) is 17.4 Å². The maximum absolute atomic E-state index is 14.4. The Balaban J connectivity index is 1.61. The molecular weight excluding hydrogens is 325 g/mol. The number of fused-ring (bicyclic) bond motifs is 1.